The van der Waals surface area contributed by atoms with Crippen LogP contribution in [0.4, 0.5) is 0 Å². The number of rotatable bonds is 4. The molecule has 1 rings (SSSR count). The van der Waals surface area contributed by atoms with Gasteiger partial charge >= 0.3 is 160 Å². The summed E-state index contributed by atoms with van der Waals surface area (Å²) < 4.78 is 14.9. The Bertz CT molecular complexity index is 409. The first-order valence-corrected chi connectivity index (χ1v) is 6.41. The number of benzene rings is 1. The Hall–Kier alpha value is 6.80. The Morgan fingerprint density at radius 2 is 1.84 bits per heavy atom. The zero-order valence-corrected chi connectivity index (χ0v) is 34.1. The molecule has 1 aromatic rings. The second-order valence-electron chi connectivity index (χ2n) is 2.49. The molecule has 0 aliphatic rings. The Morgan fingerprint density at radius 3 is 2.26 bits per heavy atom. The van der Waals surface area contributed by atoms with E-state index in [1.807, 2.05) is 0 Å². The summed E-state index contributed by atoms with van der Waals surface area (Å²) in [6.45, 7) is 0. The van der Waals surface area contributed by atoms with Crippen LogP contribution in [0, 0.1) is 0 Å². The van der Waals surface area contributed by atoms with Crippen LogP contribution in [0.2, 0.25) is 0 Å². The molecule has 0 aromatic heterocycles. The van der Waals surface area contributed by atoms with E-state index in [2.05, 4.69) is 9.71 Å². The zero-order chi connectivity index (χ0) is 11.5. The fourth-order valence-electron chi connectivity index (χ4n) is 0.871. The molecular weight excluding hydrogens is 858 g/mol. The fraction of sp³-hybridized carbons (Fsp3) is 0. The number of hydrogen-bond donors (Lipinski definition) is 1. The summed E-state index contributed by atoms with van der Waals surface area (Å²) in [5.74, 6) is 0. The van der Waals surface area contributed by atoms with Gasteiger partial charge in [0.25, 0.3) is 0 Å². The van der Waals surface area contributed by atoms with Crippen molar-refractivity contribution in [3.8, 4) is 0 Å². The SMILES string of the molecule is O=P([O-])(O)c1cc([S-])cc(POO[O-])c1.[Au+].[Cs+].[Cs+].[Cs]. The van der Waals surface area contributed by atoms with Gasteiger partial charge in [-0.15, -0.1) is 0 Å². The second kappa shape index (κ2) is 18.2. The van der Waals surface area contributed by atoms with Gasteiger partial charge in [0.2, 0.25) is 0 Å². The Kier molecular flexibility index (Phi) is 31.9. The Morgan fingerprint density at radius 1 is 1.32 bits per heavy atom. The van der Waals surface area contributed by atoms with Gasteiger partial charge in [-0.2, -0.15) is 4.90 Å². The van der Waals surface area contributed by atoms with Gasteiger partial charge in [0.1, 0.15) is 0 Å². The van der Waals surface area contributed by atoms with Crippen LogP contribution in [0.1, 0.15) is 0 Å². The average molecular weight is 863 g/mol. The van der Waals surface area contributed by atoms with Crippen LogP contribution in [0.25, 0.3) is 0 Å². The minimum Gasteiger partial charge on any atom is -0.780 e. The fourth-order valence-corrected chi connectivity index (χ4v) is 2.60. The maximum Gasteiger partial charge on any atom is 1.00 e. The van der Waals surface area contributed by atoms with E-state index in [9.17, 15) is 14.7 Å². The van der Waals surface area contributed by atoms with Gasteiger partial charge in [0, 0.05) is 79.5 Å². The monoisotopic (exact) mass is 863 g/mol. The second-order valence-corrected chi connectivity index (χ2v) is 5.47. The first kappa shape index (κ1) is 33.4. The van der Waals surface area contributed by atoms with Gasteiger partial charge in [0.05, 0.1) is 8.81 Å². The third-order valence-corrected chi connectivity index (χ3v) is 3.23. The molecule has 0 spiro atoms. The van der Waals surface area contributed by atoms with E-state index in [1.54, 1.807) is 0 Å². The molecule has 95 valence electrons. The molecule has 0 fully saturated rings. The topological polar surface area (TPSA) is 102 Å². The molecule has 1 radical (unpaired) electrons. The average Bonchev–Trinajstić information content (AvgIpc) is 2.12. The molecule has 0 aliphatic carbocycles. The molecule has 0 heterocycles. The van der Waals surface area contributed by atoms with Crippen molar-refractivity contribution in [2.45, 2.75) is 4.90 Å². The summed E-state index contributed by atoms with van der Waals surface area (Å²) in [5.41, 5.74) is 0. The molecule has 19 heavy (non-hydrogen) atoms. The molecule has 2 unspecified atom stereocenters. The van der Waals surface area contributed by atoms with Gasteiger partial charge in [-0.05, 0) is 6.07 Å². The zero-order valence-electron chi connectivity index (χ0n) is 10.4. The van der Waals surface area contributed by atoms with Gasteiger partial charge in [-0.25, -0.2) is 4.67 Å². The maximum atomic E-state index is 10.8. The van der Waals surface area contributed by atoms with Crippen molar-refractivity contribution in [3.05, 3.63) is 18.2 Å². The normalized spacial score (nSPS) is 12.4. The van der Waals surface area contributed by atoms with Crippen LogP contribution in [-0.2, 0) is 49.3 Å². The van der Waals surface area contributed by atoms with E-state index in [-0.39, 0.29) is 239 Å². The van der Waals surface area contributed by atoms with Crippen molar-refractivity contribution >= 4 is 109 Å². The molecule has 0 aliphatic heterocycles. The maximum absolute atomic E-state index is 10.8. The molecule has 0 bridgehead atoms. The van der Waals surface area contributed by atoms with Crippen molar-refractivity contribution in [1.29, 1.82) is 0 Å². The van der Waals surface area contributed by atoms with Crippen molar-refractivity contribution in [3.63, 3.8) is 0 Å². The predicted molar refractivity (Wildman–Crippen MR) is 57.4 cm³/mol. The smallest absolute Gasteiger partial charge is 0.780 e. The van der Waals surface area contributed by atoms with E-state index >= 15 is 0 Å². The quantitative estimate of drug-likeness (QED) is 0.106. The third-order valence-electron chi connectivity index (χ3n) is 1.41. The minimum atomic E-state index is -4.59. The summed E-state index contributed by atoms with van der Waals surface area (Å²) in [7, 11) is -5.09. The molecule has 6 nitrogen and oxygen atoms in total. The summed E-state index contributed by atoms with van der Waals surface area (Å²) in [6.07, 6.45) is 0. The number of hydrogen-bond acceptors (Lipinski definition) is 6. The van der Waals surface area contributed by atoms with E-state index in [1.165, 1.54) is 6.07 Å². The summed E-state index contributed by atoms with van der Waals surface area (Å²) in [4.78, 5) is 19.8. The molecule has 1 aromatic carbocycles. The van der Waals surface area contributed by atoms with Crippen LogP contribution < -0.4 is 159 Å². The summed E-state index contributed by atoms with van der Waals surface area (Å²) in [6, 6.07) is 3.72. The molecule has 1 N–H and O–H groups in total. The summed E-state index contributed by atoms with van der Waals surface area (Å²) >= 11 is 4.77. The van der Waals surface area contributed by atoms with Gasteiger partial charge < -0.3 is 32.2 Å². The van der Waals surface area contributed by atoms with Crippen LogP contribution in [-0.4, -0.2) is 73.8 Å². The predicted octanol–water partition coefficient (Wildman–Crippen LogP) is -8.17. The Balaban J connectivity index is -0.000000281. The van der Waals surface area contributed by atoms with Crippen LogP contribution >= 0.6 is 16.4 Å². The van der Waals surface area contributed by atoms with Crippen LogP contribution in [0.15, 0.2) is 23.1 Å². The first-order chi connectivity index (χ1) is 6.93. The van der Waals surface area contributed by atoms with Crippen LogP contribution in [0.3, 0.4) is 0 Å². The van der Waals surface area contributed by atoms with E-state index < -0.39 is 16.4 Å². The standard InChI is InChI=1S/C6H8O6P2S.Au.3Cs/c7-11-12-13-4-1-5(14(8,9)10)3-6(15)2-4;;;;/h1-3,7,13,15H,(H2,8,9,10);;;;/q;+1;;2*+1/p-3. The molecule has 2 atom stereocenters. The van der Waals surface area contributed by atoms with Gasteiger partial charge in [-0.1, -0.05) is 12.1 Å². The van der Waals surface area contributed by atoms with Crippen molar-refractivity contribution < 1.29 is 189 Å². The van der Waals surface area contributed by atoms with Crippen molar-refractivity contribution in [2.75, 3.05) is 0 Å². The van der Waals surface area contributed by atoms with E-state index in [4.69, 9.17) is 17.5 Å². The largest absolute Gasteiger partial charge is 1.00 e. The van der Waals surface area contributed by atoms with Crippen LogP contribution in [0.5, 0.6) is 0 Å². The molecule has 0 amide bonds. The first-order valence-electron chi connectivity index (χ1n) is 3.51. The molecule has 0 saturated carbocycles. The van der Waals surface area contributed by atoms with Gasteiger partial charge in [-0.3, -0.25) is 5.04 Å². The van der Waals surface area contributed by atoms with Crippen molar-refractivity contribution in [1.82, 2.24) is 0 Å². The van der Waals surface area contributed by atoms with E-state index in [0.717, 1.165) is 12.1 Å². The Labute approximate surface area is 310 Å². The molecule has 0 saturated heterocycles. The summed E-state index contributed by atoms with van der Waals surface area (Å²) in [5, 5.41) is 12.7. The molecule has 13 heteroatoms. The minimum absolute atomic E-state index is 0. The van der Waals surface area contributed by atoms with E-state index in [0.29, 0.717) is 5.30 Å². The molecular formula is C6H5AuCs3O6P2S. The van der Waals surface area contributed by atoms with Gasteiger partial charge in [0.15, 0.2) is 7.60 Å². The van der Waals surface area contributed by atoms with Crippen molar-refractivity contribution in [2.24, 2.45) is 0 Å². The third kappa shape index (κ3) is 15.5.